The van der Waals surface area contributed by atoms with Crippen LogP contribution in [-0.4, -0.2) is 15.7 Å². The fraction of sp³-hybridized carbons (Fsp3) is 0.231. The van der Waals surface area contributed by atoms with Crippen LogP contribution in [0.4, 0.5) is 10.1 Å². The normalized spacial score (nSPS) is 10.4. The molecule has 0 aliphatic carbocycles. The maximum atomic E-state index is 13.0. The van der Waals surface area contributed by atoms with Gasteiger partial charge < -0.3 is 5.32 Å². The molecule has 0 aliphatic heterocycles. The zero-order valence-corrected chi connectivity index (χ0v) is 10.3. The van der Waals surface area contributed by atoms with Crippen LogP contribution in [0, 0.1) is 12.7 Å². The first-order chi connectivity index (χ1) is 8.61. The fourth-order valence-electron chi connectivity index (χ4n) is 1.71. The second kappa shape index (κ2) is 5.00. The SMILES string of the molecule is CCn1ncc(NC(=O)c2cccc(F)c2)c1C. The fourth-order valence-corrected chi connectivity index (χ4v) is 1.71. The molecule has 0 unspecified atom stereocenters. The molecule has 0 saturated carbocycles. The first kappa shape index (κ1) is 12.3. The molecule has 1 amide bonds. The van der Waals surface area contributed by atoms with Gasteiger partial charge in [0.2, 0.25) is 0 Å². The lowest BCUT2D eigenvalue weighted by Crippen LogP contribution is -2.12. The van der Waals surface area contributed by atoms with E-state index < -0.39 is 5.82 Å². The number of nitrogens with zero attached hydrogens (tertiary/aromatic N) is 2. The summed E-state index contributed by atoms with van der Waals surface area (Å²) in [6.07, 6.45) is 1.59. The molecule has 4 nitrogen and oxygen atoms in total. The van der Waals surface area contributed by atoms with E-state index in [4.69, 9.17) is 0 Å². The van der Waals surface area contributed by atoms with Gasteiger partial charge in [0.25, 0.3) is 5.91 Å². The van der Waals surface area contributed by atoms with Crippen molar-refractivity contribution in [2.75, 3.05) is 5.32 Å². The summed E-state index contributed by atoms with van der Waals surface area (Å²) in [6.45, 7) is 4.58. The maximum absolute atomic E-state index is 13.0. The second-order valence-electron chi connectivity index (χ2n) is 3.92. The topological polar surface area (TPSA) is 46.9 Å². The third-order valence-corrected chi connectivity index (χ3v) is 2.74. The molecule has 0 radical (unpaired) electrons. The van der Waals surface area contributed by atoms with Crippen LogP contribution in [0.1, 0.15) is 23.0 Å². The van der Waals surface area contributed by atoms with Gasteiger partial charge in [-0.15, -0.1) is 0 Å². The summed E-state index contributed by atoms with van der Waals surface area (Å²) in [5.41, 5.74) is 1.81. The summed E-state index contributed by atoms with van der Waals surface area (Å²) in [4.78, 5) is 11.9. The summed E-state index contributed by atoms with van der Waals surface area (Å²) >= 11 is 0. The van der Waals surface area contributed by atoms with E-state index in [-0.39, 0.29) is 5.91 Å². The van der Waals surface area contributed by atoms with Crippen LogP contribution >= 0.6 is 0 Å². The van der Waals surface area contributed by atoms with E-state index in [1.165, 1.54) is 18.2 Å². The highest BCUT2D eigenvalue weighted by Crippen LogP contribution is 2.15. The van der Waals surface area contributed by atoms with Crippen LogP contribution in [0.25, 0.3) is 0 Å². The lowest BCUT2D eigenvalue weighted by atomic mass is 10.2. The lowest BCUT2D eigenvalue weighted by molar-refractivity contribution is 0.102. The van der Waals surface area contributed by atoms with Crippen LogP contribution < -0.4 is 5.32 Å². The number of amides is 1. The van der Waals surface area contributed by atoms with Gasteiger partial charge >= 0.3 is 0 Å². The molecule has 1 aromatic heterocycles. The number of aromatic nitrogens is 2. The van der Waals surface area contributed by atoms with Gasteiger partial charge in [0.05, 0.1) is 17.6 Å². The Labute approximate surface area is 104 Å². The Balaban J connectivity index is 2.19. The molecule has 2 rings (SSSR count). The Morgan fingerprint density at radius 2 is 2.28 bits per heavy atom. The van der Waals surface area contributed by atoms with Gasteiger partial charge in [0, 0.05) is 12.1 Å². The Morgan fingerprint density at radius 3 is 2.89 bits per heavy atom. The van der Waals surface area contributed by atoms with Crippen LogP contribution in [0.5, 0.6) is 0 Å². The number of anilines is 1. The summed E-state index contributed by atoms with van der Waals surface area (Å²) in [6, 6.07) is 5.58. The molecule has 0 aliphatic rings. The Bertz CT molecular complexity index is 577. The molecule has 1 N–H and O–H groups in total. The summed E-state index contributed by atoms with van der Waals surface area (Å²) in [5.74, 6) is -0.767. The molecule has 0 atom stereocenters. The minimum absolute atomic E-state index is 0.290. The first-order valence-electron chi connectivity index (χ1n) is 5.71. The number of hydrogen-bond donors (Lipinski definition) is 1. The van der Waals surface area contributed by atoms with E-state index in [0.717, 1.165) is 12.2 Å². The van der Waals surface area contributed by atoms with Gasteiger partial charge in [0.1, 0.15) is 5.82 Å². The number of aryl methyl sites for hydroxylation is 1. The van der Waals surface area contributed by atoms with Gasteiger partial charge in [0.15, 0.2) is 0 Å². The van der Waals surface area contributed by atoms with E-state index in [2.05, 4.69) is 10.4 Å². The average Bonchev–Trinajstić information content (AvgIpc) is 2.70. The Hall–Kier alpha value is -2.17. The van der Waals surface area contributed by atoms with Crippen LogP contribution in [-0.2, 0) is 6.54 Å². The van der Waals surface area contributed by atoms with Gasteiger partial charge in [-0.3, -0.25) is 9.48 Å². The highest BCUT2D eigenvalue weighted by Gasteiger charge is 2.11. The molecule has 1 aromatic carbocycles. The molecule has 0 fully saturated rings. The molecule has 1 heterocycles. The summed E-state index contributed by atoms with van der Waals surface area (Å²) in [5, 5.41) is 6.85. The molecule has 5 heteroatoms. The second-order valence-corrected chi connectivity index (χ2v) is 3.92. The number of rotatable bonds is 3. The Morgan fingerprint density at radius 1 is 1.50 bits per heavy atom. The molecular formula is C13H14FN3O. The largest absolute Gasteiger partial charge is 0.319 e. The highest BCUT2D eigenvalue weighted by molar-refractivity contribution is 6.04. The third kappa shape index (κ3) is 2.40. The van der Waals surface area contributed by atoms with E-state index in [9.17, 15) is 9.18 Å². The predicted octanol–water partition coefficient (Wildman–Crippen LogP) is 2.60. The standard InChI is InChI=1S/C13H14FN3O/c1-3-17-9(2)12(8-15-17)16-13(18)10-5-4-6-11(14)7-10/h4-8H,3H2,1-2H3,(H,16,18). The number of carbonyl (C=O) groups excluding carboxylic acids is 1. The molecule has 94 valence electrons. The lowest BCUT2D eigenvalue weighted by Gasteiger charge is -2.05. The number of halogens is 1. The van der Waals surface area contributed by atoms with Crippen molar-refractivity contribution in [2.45, 2.75) is 20.4 Å². The van der Waals surface area contributed by atoms with Gasteiger partial charge in [-0.2, -0.15) is 5.10 Å². The van der Waals surface area contributed by atoms with Crippen molar-refractivity contribution < 1.29 is 9.18 Å². The van der Waals surface area contributed by atoms with Crippen molar-refractivity contribution in [3.8, 4) is 0 Å². The van der Waals surface area contributed by atoms with Crippen LogP contribution in [0.2, 0.25) is 0 Å². The number of nitrogens with one attached hydrogen (secondary N) is 1. The van der Waals surface area contributed by atoms with Crippen molar-refractivity contribution in [1.82, 2.24) is 9.78 Å². The zero-order chi connectivity index (χ0) is 13.1. The van der Waals surface area contributed by atoms with Crippen molar-refractivity contribution in [1.29, 1.82) is 0 Å². The zero-order valence-electron chi connectivity index (χ0n) is 10.3. The minimum atomic E-state index is -0.427. The van der Waals surface area contributed by atoms with Gasteiger partial charge in [-0.25, -0.2) is 4.39 Å². The monoisotopic (exact) mass is 247 g/mol. The minimum Gasteiger partial charge on any atom is -0.319 e. The molecule has 0 bridgehead atoms. The molecule has 0 spiro atoms. The van der Waals surface area contributed by atoms with Gasteiger partial charge in [-0.05, 0) is 32.0 Å². The Kier molecular flexibility index (Phi) is 3.41. The molecular weight excluding hydrogens is 233 g/mol. The van der Waals surface area contributed by atoms with Crippen molar-refractivity contribution >= 4 is 11.6 Å². The highest BCUT2D eigenvalue weighted by atomic mass is 19.1. The summed E-state index contributed by atoms with van der Waals surface area (Å²) < 4.78 is 14.8. The number of carbonyl (C=O) groups is 1. The van der Waals surface area contributed by atoms with Crippen LogP contribution in [0.15, 0.2) is 30.5 Å². The first-order valence-corrected chi connectivity index (χ1v) is 5.71. The third-order valence-electron chi connectivity index (χ3n) is 2.74. The van der Waals surface area contributed by atoms with E-state index >= 15 is 0 Å². The van der Waals surface area contributed by atoms with E-state index in [0.29, 0.717) is 11.3 Å². The van der Waals surface area contributed by atoms with Crippen molar-refractivity contribution in [3.63, 3.8) is 0 Å². The number of hydrogen-bond acceptors (Lipinski definition) is 2. The molecule has 18 heavy (non-hydrogen) atoms. The quantitative estimate of drug-likeness (QED) is 0.906. The maximum Gasteiger partial charge on any atom is 0.255 e. The molecule has 0 saturated heterocycles. The molecule has 2 aromatic rings. The van der Waals surface area contributed by atoms with Crippen LogP contribution in [0.3, 0.4) is 0 Å². The van der Waals surface area contributed by atoms with Crippen molar-refractivity contribution in [2.24, 2.45) is 0 Å². The smallest absolute Gasteiger partial charge is 0.255 e. The summed E-state index contributed by atoms with van der Waals surface area (Å²) in [7, 11) is 0. The van der Waals surface area contributed by atoms with Gasteiger partial charge in [-0.1, -0.05) is 6.07 Å². The predicted molar refractivity (Wildman–Crippen MR) is 67.0 cm³/mol. The number of benzene rings is 1. The van der Waals surface area contributed by atoms with Crippen molar-refractivity contribution in [3.05, 3.63) is 47.5 Å². The van der Waals surface area contributed by atoms with E-state index in [1.54, 1.807) is 16.9 Å². The average molecular weight is 247 g/mol. The van der Waals surface area contributed by atoms with E-state index in [1.807, 2.05) is 13.8 Å².